The molecule has 1 saturated heterocycles. The zero-order chi connectivity index (χ0) is 24.4. The maximum atomic E-state index is 14.5. The first-order chi connectivity index (χ1) is 17.0. The molecule has 3 aromatic carbocycles. The fraction of sp³-hybridized carbons (Fsp3) is 0.250. The van der Waals surface area contributed by atoms with Gasteiger partial charge in [-0.25, -0.2) is 4.98 Å². The number of benzene rings is 3. The predicted octanol–water partition coefficient (Wildman–Crippen LogP) is 5.08. The number of likely N-dealkylation sites (N-methyl/N-ethyl adjacent to an activating group) is 2. The minimum Gasteiger partial charge on any atom is -0.341 e. The third-order valence-corrected chi connectivity index (χ3v) is 8.32. The van der Waals surface area contributed by atoms with E-state index in [1.807, 2.05) is 91.7 Å². The Bertz CT molecular complexity index is 1470. The molecule has 6 rings (SSSR count). The Morgan fingerprint density at radius 3 is 2.54 bits per heavy atom. The van der Waals surface area contributed by atoms with Crippen LogP contribution in [0.5, 0.6) is 0 Å². The summed E-state index contributed by atoms with van der Waals surface area (Å²) in [6, 6.07) is 26.4. The van der Waals surface area contributed by atoms with E-state index >= 15 is 0 Å². The summed E-state index contributed by atoms with van der Waals surface area (Å²) < 4.78 is 0.966. The largest absolute Gasteiger partial charge is 0.341 e. The standard InChI is InChI=1S/C28H24BrN5O/c1-3-34-24-11-7-4-8-20(24)28(26(34)35)27(17-30,25-31-22-9-5-6-10-23(22)32-25)21(16-33(28)2)18-12-14-19(29)15-13-18/h4-15,21H,3,16H2,1-2H3,(H,31,32)/t21-,27-,28+/m1/s1. The Hall–Kier alpha value is -3.47. The molecule has 0 bridgehead atoms. The van der Waals surface area contributed by atoms with E-state index in [9.17, 15) is 10.1 Å². The number of H-pyrrole nitrogens is 1. The van der Waals surface area contributed by atoms with Gasteiger partial charge in [-0.1, -0.05) is 58.4 Å². The van der Waals surface area contributed by atoms with Gasteiger partial charge in [-0.2, -0.15) is 5.26 Å². The molecule has 4 aromatic rings. The average Bonchev–Trinajstić information content (AvgIpc) is 3.50. The molecule has 7 heteroatoms. The Morgan fingerprint density at radius 2 is 1.83 bits per heavy atom. The number of aromatic nitrogens is 2. The molecule has 174 valence electrons. The number of amides is 1. The first-order valence-corrected chi connectivity index (χ1v) is 12.5. The van der Waals surface area contributed by atoms with Gasteiger partial charge >= 0.3 is 0 Å². The van der Waals surface area contributed by atoms with Crippen molar-refractivity contribution in [1.29, 1.82) is 5.26 Å². The number of aromatic amines is 1. The van der Waals surface area contributed by atoms with Gasteiger partial charge in [0.1, 0.15) is 5.82 Å². The van der Waals surface area contributed by atoms with Crippen molar-refractivity contribution in [1.82, 2.24) is 14.9 Å². The molecule has 2 aliphatic rings. The quantitative estimate of drug-likeness (QED) is 0.404. The van der Waals surface area contributed by atoms with E-state index in [2.05, 4.69) is 31.9 Å². The first-order valence-electron chi connectivity index (χ1n) is 11.7. The maximum absolute atomic E-state index is 14.5. The number of likely N-dealkylation sites (tertiary alicyclic amines) is 1. The summed E-state index contributed by atoms with van der Waals surface area (Å²) in [5, 5.41) is 11.2. The summed E-state index contributed by atoms with van der Waals surface area (Å²) in [4.78, 5) is 26.8. The van der Waals surface area contributed by atoms with Crippen molar-refractivity contribution < 1.29 is 4.79 Å². The first kappa shape index (κ1) is 22.0. The van der Waals surface area contributed by atoms with E-state index in [1.165, 1.54) is 0 Å². The van der Waals surface area contributed by atoms with Crippen LogP contribution in [0.15, 0.2) is 77.3 Å². The van der Waals surface area contributed by atoms with Crippen molar-refractivity contribution in [2.75, 3.05) is 25.0 Å². The minimum atomic E-state index is -1.29. The lowest BCUT2D eigenvalue weighted by Gasteiger charge is -2.41. The summed E-state index contributed by atoms with van der Waals surface area (Å²) in [5.41, 5.74) is 1.84. The zero-order valence-corrected chi connectivity index (χ0v) is 21.1. The van der Waals surface area contributed by atoms with Crippen LogP contribution in [-0.4, -0.2) is 40.9 Å². The summed E-state index contributed by atoms with van der Waals surface area (Å²) in [7, 11) is 1.96. The van der Waals surface area contributed by atoms with E-state index in [1.54, 1.807) is 0 Å². The molecular formula is C28H24BrN5O. The Balaban J connectivity index is 1.73. The second-order valence-electron chi connectivity index (χ2n) is 9.28. The van der Waals surface area contributed by atoms with Crippen molar-refractivity contribution in [3.8, 4) is 6.07 Å². The zero-order valence-electron chi connectivity index (χ0n) is 19.5. The molecule has 1 N–H and O–H groups in total. The smallest absolute Gasteiger partial charge is 0.254 e. The van der Waals surface area contributed by atoms with Crippen LogP contribution in [0.4, 0.5) is 5.69 Å². The fourth-order valence-electron chi connectivity index (χ4n) is 6.34. The van der Waals surface area contributed by atoms with Gasteiger partial charge in [0, 0.05) is 34.7 Å². The average molecular weight is 526 g/mol. The predicted molar refractivity (Wildman–Crippen MR) is 139 cm³/mol. The molecule has 1 fully saturated rings. The number of anilines is 1. The van der Waals surface area contributed by atoms with Crippen LogP contribution in [0, 0.1) is 11.3 Å². The van der Waals surface area contributed by atoms with Crippen molar-refractivity contribution >= 4 is 38.6 Å². The second kappa shape index (κ2) is 7.77. The number of carbonyl (C=O) groups excluding carboxylic acids is 1. The molecule has 0 radical (unpaired) electrons. The Morgan fingerprint density at radius 1 is 1.11 bits per heavy atom. The second-order valence-corrected chi connectivity index (χ2v) is 10.2. The number of rotatable bonds is 3. The number of halogens is 1. The Kier molecular flexibility index (Phi) is 4.89. The highest BCUT2D eigenvalue weighted by Crippen LogP contribution is 2.63. The van der Waals surface area contributed by atoms with Crippen LogP contribution >= 0.6 is 15.9 Å². The summed E-state index contributed by atoms with van der Waals surface area (Å²) in [5.74, 6) is 0.157. The molecular weight excluding hydrogens is 502 g/mol. The lowest BCUT2D eigenvalue weighted by molar-refractivity contribution is -0.130. The Labute approximate surface area is 212 Å². The molecule has 1 aromatic heterocycles. The summed E-state index contributed by atoms with van der Waals surface area (Å²) in [6.45, 7) is 3.03. The van der Waals surface area contributed by atoms with E-state index in [4.69, 9.17) is 4.98 Å². The monoisotopic (exact) mass is 525 g/mol. The minimum absolute atomic E-state index is 0.0784. The molecule has 3 atom stereocenters. The highest BCUT2D eigenvalue weighted by atomic mass is 79.9. The molecule has 0 saturated carbocycles. The normalized spacial score (nSPS) is 25.9. The van der Waals surface area contributed by atoms with Crippen molar-refractivity contribution in [3.63, 3.8) is 0 Å². The van der Waals surface area contributed by atoms with Gasteiger partial charge in [0.05, 0.1) is 17.1 Å². The van der Waals surface area contributed by atoms with Crippen LogP contribution in [0.1, 0.15) is 29.8 Å². The van der Waals surface area contributed by atoms with E-state index in [0.29, 0.717) is 18.9 Å². The molecule has 0 aliphatic carbocycles. The van der Waals surface area contributed by atoms with Gasteiger partial charge in [0.25, 0.3) is 5.91 Å². The van der Waals surface area contributed by atoms with Crippen LogP contribution in [0.2, 0.25) is 0 Å². The van der Waals surface area contributed by atoms with Gasteiger partial charge in [-0.3, -0.25) is 9.69 Å². The van der Waals surface area contributed by atoms with Gasteiger partial charge < -0.3 is 9.88 Å². The molecule has 2 aliphatic heterocycles. The molecule has 6 nitrogen and oxygen atoms in total. The van der Waals surface area contributed by atoms with E-state index < -0.39 is 11.0 Å². The number of nitrogens with zero attached hydrogens (tertiary/aromatic N) is 4. The number of nitrogens with one attached hydrogen (secondary N) is 1. The van der Waals surface area contributed by atoms with Crippen LogP contribution in [0.3, 0.4) is 0 Å². The molecule has 0 unspecified atom stereocenters. The van der Waals surface area contributed by atoms with Gasteiger partial charge in [0.2, 0.25) is 0 Å². The van der Waals surface area contributed by atoms with Crippen molar-refractivity contribution in [3.05, 3.63) is 94.2 Å². The van der Waals surface area contributed by atoms with E-state index in [-0.39, 0.29) is 11.8 Å². The third-order valence-electron chi connectivity index (χ3n) is 7.79. The van der Waals surface area contributed by atoms with Gasteiger partial charge in [-0.15, -0.1) is 0 Å². The fourth-order valence-corrected chi connectivity index (χ4v) is 6.60. The van der Waals surface area contributed by atoms with Crippen LogP contribution in [-0.2, 0) is 15.7 Å². The number of hydrogen-bond donors (Lipinski definition) is 1. The highest BCUT2D eigenvalue weighted by Gasteiger charge is 2.74. The van der Waals surface area contributed by atoms with Crippen molar-refractivity contribution in [2.24, 2.45) is 0 Å². The number of nitriles is 1. The highest BCUT2D eigenvalue weighted by molar-refractivity contribution is 9.10. The summed E-state index contributed by atoms with van der Waals surface area (Å²) in [6.07, 6.45) is 0. The molecule has 35 heavy (non-hydrogen) atoms. The number of fused-ring (bicyclic) bond motifs is 3. The maximum Gasteiger partial charge on any atom is 0.254 e. The van der Waals surface area contributed by atoms with Crippen molar-refractivity contribution in [2.45, 2.75) is 23.8 Å². The number of hydrogen-bond acceptors (Lipinski definition) is 4. The van der Waals surface area contributed by atoms with Crippen LogP contribution in [0.25, 0.3) is 11.0 Å². The third kappa shape index (κ3) is 2.67. The lowest BCUT2D eigenvalue weighted by Crippen LogP contribution is -2.59. The van der Waals surface area contributed by atoms with Crippen LogP contribution < -0.4 is 4.90 Å². The molecule has 3 heterocycles. The number of carbonyl (C=O) groups is 1. The summed E-state index contributed by atoms with van der Waals surface area (Å²) >= 11 is 3.53. The molecule has 1 amide bonds. The molecule has 1 spiro atoms. The lowest BCUT2D eigenvalue weighted by atomic mass is 9.61. The van der Waals surface area contributed by atoms with E-state index in [0.717, 1.165) is 32.3 Å². The topological polar surface area (TPSA) is 76.0 Å². The van der Waals surface area contributed by atoms with Gasteiger partial charge in [0.15, 0.2) is 11.0 Å². The number of para-hydroxylation sites is 3. The number of imidazole rings is 1. The SMILES string of the molecule is CCN1C(=O)[C@]2(c3ccccc31)N(C)C[C@H](c1ccc(Br)cc1)[C@]2(C#N)c1nc2ccccc2[nH]1. The van der Waals surface area contributed by atoms with Gasteiger partial charge in [-0.05, 0) is 49.9 Å².